The van der Waals surface area contributed by atoms with Crippen molar-refractivity contribution in [2.45, 2.75) is 6.10 Å². The van der Waals surface area contributed by atoms with Gasteiger partial charge in [0.2, 0.25) is 0 Å². The van der Waals surface area contributed by atoms with Gasteiger partial charge in [-0.15, -0.1) is 0 Å². The fourth-order valence-electron chi connectivity index (χ4n) is 7.24. The van der Waals surface area contributed by atoms with Crippen molar-refractivity contribution in [3.8, 4) is 0 Å². The van der Waals surface area contributed by atoms with Crippen LogP contribution in [0.1, 0.15) is 41.4 Å². The Morgan fingerprint density at radius 3 is 0.949 bits per heavy atom. The van der Waals surface area contributed by atoms with Crippen LogP contribution in [0.25, 0.3) is 0 Å². The summed E-state index contributed by atoms with van der Waals surface area (Å²) in [6.07, 6.45) is 31.8. The Hall–Kier alpha value is -3.44. The van der Waals surface area contributed by atoms with Crippen LogP contribution in [0.15, 0.2) is 121 Å². The molecule has 0 spiro atoms. The van der Waals surface area contributed by atoms with Crippen LogP contribution in [0.3, 0.4) is 0 Å². The third-order valence-electron chi connectivity index (χ3n) is 9.92. The molecule has 0 saturated heterocycles. The first-order valence-electron chi connectivity index (χ1n) is 18.8. The van der Waals surface area contributed by atoms with Crippen LogP contribution in [-0.4, -0.2) is 34.3 Å². The smallest absolute Gasteiger partial charge is 0.391 e. The topological polar surface area (TPSA) is 88.5 Å². The monoisotopic (exact) mass is 858 g/mol. The van der Waals surface area contributed by atoms with Gasteiger partial charge < -0.3 is 5.11 Å². The van der Waals surface area contributed by atoms with Crippen LogP contribution < -0.4 is 0 Å². The molecule has 4 saturated carbocycles. The number of ketones is 4. The van der Waals surface area contributed by atoms with Crippen molar-refractivity contribution in [3.63, 3.8) is 0 Å². The summed E-state index contributed by atoms with van der Waals surface area (Å²) in [4.78, 5) is 60.4. The summed E-state index contributed by atoms with van der Waals surface area (Å²) in [5.74, 6) is -4.80. The van der Waals surface area contributed by atoms with Crippen molar-refractivity contribution in [1.82, 2.24) is 0 Å². The molecule has 2 unspecified atom stereocenters. The largest absolute Gasteiger partial charge is 2.00 e. The number of aliphatic hydroxyl groups excluding tert-OH is 1. The fourth-order valence-corrected chi connectivity index (χ4v) is 7.24. The van der Waals surface area contributed by atoms with E-state index < -0.39 is 46.5 Å². The van der Waals surface area contributed by atoms with Gasteiger partial charge in [-0.2, -0.15) is 0 Å². The number of benzene rings is 4. The Kier molecular flexibility index (Phi) is 20.2. The first kappa shape index (κ1) is 48.2. The van der Waals surface area contributed by atoms with Gasteiger partial charge in [0.25, 0.3) is 0 Å². The first-order valence-corrected chi connectivity index (χ1v) is 18.8. The van der Waals surface area contributed by atoms with Crippen molar-refractivity contribution < 1.29 is 58.4 Å². The van der Waals surface area contributed by atoms with E-state index in [1.807, 2.05) is 64.2 Å². The van der Waals surface area contributed by atoms with Crippen molar-refractivity contribution in [1.29, 1.82) is 0 Å². The van der Waals surface area contributed by atoms with Crippen LogP contribution in [0, 0.1) is 145 Å². The molecular formula is C52H42Fe2O5+4. The number of hydrogen-bond donors (Lipinski definition) is 1. The third kappa shape index (κ3) is 11.9. The van der Waals surface area contributed by atoms with Gasteiger partial charge in [-0.25, -0.2) is 0 Å². The molecule has 2 atom stereocenters. The number of carbonyl (C=O) groups is 4. The van der Waals surface area contributed by atoms with Crippen molar-refractivity contribution >= 4 is 23.1 Å². The normalized spacial score (nSPS) is 17.6. The van der Waals surface area contributed by atoms with Crippen LogP contribution >= 0.6 is 0 Å². The number of aliphatic hydroxyl groups is 1. The second kappa shape index (κ2) is 24.7. The van der Waals surface area contributed by atoms with Gasteiger partial charge in [-0.05, 0) is 121 Å². The number of hydrogen-bond acceptors (Lipinski definition) is 5. The summed E-state index contributed by atoms with van der Waals surface area (Å²) in [7, 11) is 0. The molecule has 20 radical (unpaired) electrons. The molecule has 7 heteroatoms. The van der Waals surface area contributed by atoms with Crippen molar-refractivity contribution in [2.24, 2.45) is 17.3 Å². The average Bonchev–Trinajstić information content (AvgIpc) is 4.14. The quantitative estimate of drug-likeness (QED) is 0.0825. The van der Waals surface area contributed by atoms with E-state index in [1.54, 1.807) is 173 Å². The van der Waals surface area contributed by atoms with Gasteiger partial charge in [-0.3, -0.25) is 19.2 Å². The number of Topliss-reactive ketones (excluding diaryl/α,β-unsaturated/α-hetero) is 4. The van der Waals surface area contributed by atoms with Crippen LogP contribution in [-0.2, 0) is 34.1 Å². The van der Waals surface area contributed by atoms with E-state index in [0.717, 1.165) is 0 Å². The van der Waals surface area contributed by atoms with E-state index in [-0.39, 0.29) is 56.4 Å². The van der Waals surface area contributed by atoms with E-state index in [9.17, 15) is 14.7 Å². The standard InChI is InChI=1S/C42H32O5.2C5H5.2Fe/c43-37(30-19-5-1-6-20-30)35(38(44)31-21-7-2-8-22-31)36(29-17-13-14-18-29)42(41(47)34-27-15-16-28-34,39(45)32-23-9-3-10-24-32)40(46)33-25-11-4-12-26-33;2*1-2-4-5-3-1;;/h1-28,35-36,41,47H;2*1-5H;;/q;;;2*+2. The first-order chi connectivity index (χ1) is 27.9. The summed E-state index contributed by atoms with van der Waals surface area (Å²) in [5, 5.41) is 12.6. The van der Waals surface area contributed by atoms with E-state index in [0.29, 0.717) is 11.8 Å². The summed E-state index contributed by atoms with van der Waals surface area (Å²) in [6.45, 7) is 0. The Morgan fingerprint density at radius 2 is 0.644 bits per heavy atom. The molecule has 0 aromatic heterocycles. The van der Waals surface area contributed by atoms with Gasteiger partial charge in [0.1, 0.15) is 5.41 Å². The summed E-state index contributed by atoms with van der Waals surface area (Å²) >= 11 is 0. The molecule has 1 N–H and O–H groups in total. The van der Waals surface area contributed by atoms with Gasteiger partial charge in [-0.1, -0.05) is 121 Å². The van der Waals surface area contributed by atoms with Gasteiger partial charge in [0.05, 0.1) is 12.0 Å². The van der Waals surface area contributed by atoms with Crippen molar-refractivity contribution in [3.05, 3.63) is 271 Å². The molecule has 4 aromatic rings. The minimum absolute atomic E-state index is 0. The zero-order valence-electron chi connectivity index (χ0n) is 32.0. The fraction of sp³-hybridized carbons (Fsp3) is 0.0769. The zero-order chi connectivity index (χ0) is 39.9. The molecule has 4 aliphatic carbocycles. The minimum atomic E-state index is -2.37. The maximum absolute atomic E-state index is 15.4. The zero-order valence-corrected chi connectivity index (χ0v) is 34.2. The molecule has 0 aliphatic heterocycles. The molecule has 4 aromatic carbocycles. The Morgan fingerprint density at radius 1 is 0.373 bits per heavy atom. The maximum atomic E-state index is 15.4. The molecule has 0 bridgehead atoms. The van der Waals surface area contributed by atoms with E-state index >= 15 is 9.59 Å². The summed E-state index contributed by atoms with van der Waals surface area (Å²) in [6, 6.07) is 33.3. The summed E-state index contributed by atoms with van der Waals surface area (Å²) < 4.78 is 0. The minimum Gasteiger partial charge on any atom is -0.391 e. The third-order valence-corrected chi connectivity index (χ3v) is 9.92. The molecule has 4 fully saturated rings. The van der Waals surface area contributed by atoms with Crippen LogP contribution in [0.4, 0.5) is 0 Å². The second-order valence-corrected chi connectivity index (χ2v) is 13.4. The van der Waals surface area contributed by atoms with E-state index in [4.69, 9.17) is 0 Å². The van der Waals surface area contributed by atoms with Gasteiger partial charge in [0, 0.05) is 34.1 Å². The number of carbonyl (C=O) groups excluding carboxylic acids is 4. The van der Waals surface area contributed by atoms with Gasteiger partial charge in [0.15, 0.2) is 23.1 Å². The van der Waals surface area contributed by atoms with Crippen LogP contribution in [0.5, 0.6) is 0 Å². The number of rotatable bonds is 13. The molecule has 0 amide bonds. The molecule has 4 aliphatic rings. The molecule has 292 valence electrons. The molecular weight excluding hydrogens is 816 g/mol. The Labute approximate surface area is 373 Å². The summed E-state index contributed by atoms with van der Waals surface area (Å²) in [5.41, 5.74) is -1.55. The van der Waals surface area contributed by atoms with Crippen molar-refractivity contribution in [2.75, 3.05) is 0 Å². The molecule has 0 heterocycles. The van der Waals surface area contributed by atoms with Crippen LogP contribution in [0.2, 0.25) is 0 Å². The van der Waals surface area contributed by atoms with E-state index in [2.05, 4.69) is 0 Å². The molecule has 8 rings (SSSR count). The maximum Gasteiger partial charge on any atom is 2.00 e. The average molecular weight is 859 g/mol. The molecule has 59 heavy (non-hydrogen) atoms. The molecule has 5 nitrogen and oxygen atoms in total. The van der Waals surface area contributed by atoms with E-state index in [1.165, 1.54) is 0 Å². The predicted octanol–water partition coefficient (Wildman–Crippen LogP) is 8.95. The predicted molar refractivity (Wildman–Crippen MR) is 222 cm³/mol. The Balaban J connectivity index is 0.000000560. The van der Waals surface area contributed by atoms with Gasteiger partial charge >= 0.3 is 34.1 Å². The second-order valence-electron chi connectivity index (χ2n) is 13.4. The Bertz CT molecular complexity index is 1720. The SMILES string of the molecule is O=C(c1ccccc1)C(C(=O)c1ccccc1)C([C]1[CH][CH][CH][CH]1)C(C(=O)c1ccccc1)(C(=O)c1ccccc1)C(O)[C]1[CH][CH][CH][CH]1.[CH]1[CH][CH][CH][CH]1.[CH]1[CH][CH][CH][CH]1.[Fe+2].[Fe+2].